The number of thioether (sulfide) groups is 1. The van der Waals surface area contributed by atoms with Crippen LogP contribution in [-0.2, 0) is 25.5 Å². The molecule has 0 aliphatic heterocycles. The quantitative estimate of drug-likeness (QED) is 0.0871. The van der Waals surface area contributed by atoms with Gasteiger partial charge in [-0.05, 0) is 61.5 Å². The number of rotatable bonds is 12. The Morgan fingerprint density at radius 3 is 2.32 bits per heavy atom. The van der Waals surface area contributed by atoms with Crippen molar-refractivity contribution >= 4 is 86.9 Å². The Kier molecular flexibility index (Phi) is 12.0. The number of anilines is 2. The van der Waals surface area contributed by atoms with Crippen molar-refractivity contribution < 1.29 is 23.9 Å². The number of nitrogens with zero attached hydrogens (tertiary/aromatic N) is 1. The van der Waals surface area contributed by atoms with Gasteiger partial charge in [0, 0.05) is 37.1 Å². The molecule has 0 spiro atoms. The number of carbonyl (C=O) groups excluding carboxylic acids is 4. The number of benzene rings is 3. The van der Waals surface area contributed by atoms with E-state index in [-0.39, 0.29) is 29.7 Å². The Balaban J connectivity index is 1.37. The van der Waals surface area contributed by atoms with E-state index in [1.165, 1.54) is 29.2 Å². The van der Waals surface area contributed by atoms with Gasteiger partial charge in [0.1, 0.15) is 5.70 Å². The highest BCUT2D eigenvalue weighted by molar-refractivity contribution is 8.00. The third-order valence-corrected chi connectivity index (χ3v) is 8.21. The van der Waals surface area contributed by atoms with Crippen molar-refractivity contribution in [2.45, 2.75) is 18.2 Å². The molecule has 0 atom stereocenters. The first-order valence-electron chi connectivity index (χ1n) is 13.2. The summed E-state index contributed by atoms with van der Waals surface area (Å²) >= 11 is 15.1. The number of carbonyl (C=O) groups is 4. The Morgan fingerprint density at radius 2 is 1.64 bits per heavy atom. The van der Waals surface area contributed by atoms with Crippen LogP contribution in [0.25, 0.3) is 6.08 Å². The summed E-state index contributed by atoms with van der Waals surface area (Å²) in [6.07, 6.45) is 1.47. The average Bonchev–Trinajstić information content (AvgIpc) is 3.44. The van der Waals surface area contributed by atoms with E-state index in [0.29, 0.717) is 44.3 Å². The fourth-order valence-electron chi connectivity index (χ4n) is 3.68. The van der Waals surface area contributed by atoms with Crippen molar-refractivity contribution in [2.24, 2.45) is 0 Å². The number of nitrogens with one attached hydrogen (secondary N) is 3. The molecule has 13 heteroatoms. The minimum atomic E-state index is -0.587. The van der Waals surface area contributed by atoms with Crippen molar-refractivity contribution in [2.75, 3.05) is 23.0 Å². The molecule has 44 heavy (non-hydrogen) atoms. The van der Waals surface area contributed by atoms with E-state index in [0.717, 1.165) is 4.90 Å². The fourth-order valence-corrected chi connectivity index (χ4v) is 5.61. The summed E-state index contributed by atoms with van der Waals surface area (Å²) in [5.74, 6) is -1.58. The van der Waals surface area contributed by atoms with E-state index in [4.69, 9.17) is 27.9 Å². The highest BCUT2D eigenvalue weighted by atomic mass is 35.5. The zero-order valence-corrected chi connectivity index (χ0v) is 26.4. The molecule has 0 radical (unpaired) electrons. The van der Waals surface area contributed by atoms with Gasteiger partial charge in [-0.1, -0.05) is 47.5 Å². The summed E-state index contributed by atoms with van der Waals surface area (Å²) in [4.78, 5) is 55.2. The molecule has 0 aliphatic rings. The summed E-state index contributed by atoms with van der Waals surface area (Å²) in [5.41, 5.74) is 1.69. The highest BCUT2D eigenvalue weighted by Gasteiger charge is 2.17. The van der Waals surface area contributed by atoms with Gasteiger partial charge in [-0.25, -0.2) is 4.98 Å². The summed E-state index contributed by atoms with van der Waals surface area (Å²) in [5, 5.41) is 10.9. The van der Waals surface area contributed by atoms with Crippen molar-refractivity contribution in [1.29, 1.82) is 0 Å². The largest absolute Gasteiger partial charge is 0.466 e. The molecule has 3 N–H and O–H groups in total. The number of ether oxygens (including phenoxy) is 1. The first kappa shape index (κ1) is 32.7. The number of hydrogen-bond donors (Lipinski definition) is 3. The van der Waals surface area contributed by atoms with Crippen LogP contribution in [0.1, 0.15) is 28.5 Å². The third kappa shape index (κ3) is 9.68. The van der Waals surface area contributed by atoms with Crippen LogP contribution in [0.5, 0.6) is 0 Å². The van der Waals surface area contributed by atoms with Gasteiger partial charge in [-0.15, -0.1) is 23.1 Å². The van der Waals surface area contributed by atoms with Crippen molar-refractivity contribution in [3.8, 4) is 0 Å². The molecule has 0 fully saturated rings. The first-order valence-corrected chi connectivity index (χ1v) is 15.8. The molecular weight excluding hydrogens is 643 g/mol. The fraction of sp³-hybridized carbons (Fsp3) is 0.129. The lowest BCUT2D eigenvalue weighted by atomic mass is 10.1. The smallest absolute Gasteiger partial charge is 0.311 e. The lowest BCUT2D eigenvalue weighted by Gasteiger charge is -2.13. The Labute approximate surface area is 272 Å². The Morgan fingerprint density at radius 1 is 0.932 bits per heavy atom. The maximum atomic E-state index is 13.3. The molecule has 3 amide bonds. The van der Waals surface area contributed by atoms with Crippen LogP contribution in [0.3, 0.4) is 0 Å². The third-order valence-electron chi connectivity index (χ3n) is 5.73. The SMILES string of the molecule is CCOC(=O)Cc1csc(NC(=O)CSc2ccc(NC(=O)/C(=C/c3c(Cl)cccc3Cl)NC(=O)c3ccccc3)cc2)n1. The molecule has 0 saturated heterocycles. The minimum absolute atomic E-state index is 0.0439. The maximum absolute atomic E-state index is 13.3. The number of halogens is 2. The molecule has 1 heterocycles. The predicted molar refractivity (Wildman–Crippen MR) is 175 cm³/mol. The van der Waals surface area contributed by atoms with E-state index in [2.05, 4.69) is 20.9 Å². The Hall–Kier alpha value is -4.16. The van der Waals surface area contributed by atoms with Gasteiger partial charge in [0.2, 0.25) is 5.91 Å². The predicted octanol–water partition coefficient (Wildman–Crippen LogP) is 6.70. The molecule has 226 valence electrons. The summed E-state index contributed by atoms with van der Waals surface area (Å²) in [6, 6.07) is 20.3. The molecule has 0 unspecified atom stereocenters. The summed E-state index contributed by atoms with van der Waals surface area (Å²) in [7, 11) is 0. The van der Waals surface area contributed by atoms with E-state index in [9.17, 15) is 19.2 Å². The number of aromatic nitrogens is 1. The standard InChI is InChI=1S/C31H26Cl2N4O5S2/c1-2-42-28(39)15-21-17-44-31(35-21)37-27(38)18-43-22-13-11-20(12-14-22)34-30(41)26(16-23-24(32)9-6-10-25(23)33)36-29(40)19-7-4-3-5-8-19/h3-14,16-17H,2,15,18H2,1H3,(H,34,41)(H,36,40)(H,35,37,38)/b26-16-. The second kappa shape index (κ2) is 16.1. The van der Waals surface area contributed by atoms with Crippen LogP contribution in [0.2, 0.25) is 10.0 Å². The van der Waals surface area contributed by atoms with Crippen LogP contribution in [0.4, 0.5) is 10.8 Å². The summed E-state index contributed by atoms with van der Waals surface area (Å²) in [6.45, 7) is 2.02. The first-order chi connectivity index (χ1) is 21.2. The normalized spacial score (nSPS) is 11.0. The van der Waals surface area contributed by atoms with Crippen molar-refractivity contribution in [3.63, 3.8) is 0 Å². The number of hydrogen-bond acceptors (Lipinski definition) is 8. The van der Waals surface area contributed by atoms with Gasteiger partial charge in [-0.2, -0.15) is 0 Å². The average molecular weight is 670 g/mol. The lowest BCUT2D eigenvalue weighted by Crippen LogP contribution is -2.30. The zero-order valence-electron chi connectivity index (χ0n) is 23.3. The molecule has 0 saturated carbocycles. The van der Waals surface area contributed by atoms with E-state index in [1.54, 1.807) is 85.1 Å². The second-order valence-corrected chi connectivity index (χ2v) is 11.7. The molecule has 0 aliphatic carbocycles. The lowest BCUT2D eigenvalue weighted by molar-refractivity contribution is -0.142. The van der Waals surface area contributed by atoms with Crippen LogP contribution in [0.15, 0.2) is 88.8 Å². The van der Waals surface area contributed by atoms with Gasteiger partial charge in [0.25, 0.3) is 11.8 Å². The number of amides is 3. The molecule has 0 bridgehead atoms. The van der Waals surface area contributed by atoms with Crippen LogP contribution in [-0.4, -0.2) is 41.0 Å². The zero-order chi connectivity index (χ0) is 31.5. The van der Waals surface area contributed by atoms with Crippen LogP contribution < -0.4 is 16.0 Å². The van der Waals surface area contributed by atoms with Gasteiger partial charge in [-0.3, -0.25) is 19.2 Å². The van der Waals surface area contributed by atoms with Crippen molar-refractivity contribution in [1.82, 2.24) is 10.3 Å². The second-order valence-electron chi connectivity index (χ2n) is 8.95. The summed E-state index contributed by atoms with van der Waals surface area (Å²) < 4.78 is 4.91. The van der Waals surface area contributed by atoms with E-state index < -0.39 is 11.8 Å². The van der Waals surface area contributed by atoms with E-state index >= 15 is 0 Å². The van der Waals surface area contributed by atoms with Crippen LogP contribution >= 0.6 is 46.3 Å². The minimum Gasteiger partial charge on any atom is -0.466 e. The van der Waals surface area contributed by atoms with Gasteiger partial charge < -0.3 is 20.7 Å². The van der Waals surface area contributed by atoms with Gasteiger partial charge in [0.05, 0.1) is 24.5 Å². The van der Waals surface area contributed by atoms with E-state index in [1.807, 2.05) is 0 Å². The number of thiazole rings is 1. The van der Waals surface area contributed by atoms with Gasteiger partial charge >= 0.3 is 5.97 Å². The molecule has 9 nitrogen and oxygen atoms in total. The van der Waals surface area contributed by atoms with Crippen molar-refractivity contribution in [3.05, 3.63) is 111 Å². The monoisotopic (exact) mass is 668 g/mol. The topological polar surface area (TPSA) is 126 Å². The molecule has 4 aromatic rings. The van der Waals surface area contributed by atoms with Gasteiger partial charge in [0.15, 0.2) is 5.13 Å². The molecule has 4 rings (SSSR count). The molecular formula is C31H26Cl2N4O5S2. The Bertz CT molecular complexity index is 1660. The van der Waals surface area contributed by atoms with Crippen LogP contribution in [0, 0.1) is 0 Å². The molecule has 1 aromatic heterocycles. The molecule has 3 aromatic carbocycles. The highest BCUT2D eigenvalue weighted by Crippen LogP contribution is 2.27. The number of esters is 1. The maximum Gasteiger partial charge on any atom is 0.311 e.